The van der Waals surface area contributed by atoms with Crippen LogP contribution in [0.2, 0.25) is 0 Å². The van der Waals surface area contributed by atoms with Crippen LogP contribution in [0.15, 0.2) is 30.3 Å². The van der Waals surface area contributed by atoms with Gasteiger partial charge in [0.05, 0.1) is 13.2 Å². The van der Waals surface area contributed by atoms with E-state index in [0.29, 0.717) is 0 Å². The highest BCUT2D eigenvalue weighted by Crippen LogP contribution is 2.09. The number of benzene rings is 1. The van der Waals surface area contributed by atoms with Gasteiger partial charge in [-0.3, -0.25) is 24.0 Å². The zero-order valence-electron chi connectivity index (χ0n) is 28.1. The number of rotatable bonds is 16. The Kier molecular flexibility index (Phi) is 16.7. The Morgan fingerprint density at radius 2 is 1.30 bits per heavy atom. The molecule has 3 N–H and O–H groups in total. The van der Waals surface area contributed by atoms with Gasteiger partial charge >= 0.3 is 24.1 Å². The predicted octanol–water partition coefficient (Wildman–Crippen LogP) is 1.12. The largest absolute Gasteiger partial charge is 0.465 e. The lowest BCUT2D eigenvalue weighted by atomic mass is 10.2. The Bertz CT molecular complexity index is 1230. The molecule has 0 aliphatic rings. The zero-order valence-corrected chi connectivity index (χ0v) is 28.1. The summed E-state index contributed by atoms with van der Waals surface area (Å²) in [6.45, 7) is 8.23. The number of carbonyl (C=O) groups excluding carboxylic acids is 7. The van der Waals surface area contributed by atoms with E-state index in [-0.39, 0.29) is 26.3 Å². The summed E-state index contributed by atoms with van der Waals surface area (Å²) in [6.07, 6.45) is -1.66. The summed E-state index contributed by atoms with van der Waals surface area (Å²) in [6, 6.07) is 8.84. The SMILES string of the molecule is CCOC(=O)CNC(=O)CN(CCNC(=O)OC(C)(C)C)C(=O)CN(CC(=O)OC(C)(C)C)C(=O)CNC(=O)OCc1ccccc1. The van der Waals surface area contributed by atoms with Gasteiger partial charge in [0.2, 0.25) is 17.7 Å². The van der Waals surface area contributed by atoms with Crippen molar-refractivity contribution >= 4 is 41.8 Å². The first-order valence-electron chi connectivity index (χ1n) is 15.0. The van der Waals surface area contributed by atoms with Gasteiger partial charge in [-0.15, -0.1) is 0 Å². The lowest BCUT2D eigenvalue weighted by molar-refractivity contribution is -0.159. The van der Waals surface area contributed by atoms with Crippen molar-refractivity contribution in [2.45, 2.75) is 66.3 Å². The molecule has 47 heavy (non-hydrogen) atoms. The quantitative estimate of drug-likeness (QED) is 0.169. The van der Waals surface area contributed by atoms with E-state index in [0.717, 1.165) is 15.4 Å². The Hall–Kier alpha value is -4.89. The first-order chi connectivity index (χ1) is 21.9. The number of nitrogens with one attached hydrogen (secondary N) is 3. The first-order valence-corrected chi connectivity index (χ1v) is 15.0. The fourth-order valence-electron chi connectivity index (χ4n) is 3.57. The zero-order chi connectivity index (χ0) is 35.6. The standard InChI is InChI=1S/C31H47N5O11/c1-8-44-26(40)17-33-23(37)18-35(15-14-32-29(43)47-31(5,6)7)25(39)19-36(20-27(41)46-30(2,3)4)24(38)16-34-28(42)45-21-22-12-10-9-11-13-22/h9-13H,8,14-21H2,1-7H3,(H,32,43)(H,33,37)(H,34,42). The molecule has 1 aromatic rings. The Labute approximate surface area is 274 Å². The molecule has 0 saturated heterocycles. The van der Waals surface area contributed by atoms with Crippen molar-refractivity contribution in [3.05, 3.63) is 35.9 Å². The van der Waals surface area contributed by atoms with Crippen molar-refractivity contribution in [2.24, 2.45) is 0 Å². The Balaban J connectivity index is 3.03. The molecule has 0 spiro atoms. The molecule has 1 rings (SSSR count). The van der Waals surface area contributed by atoms with Crippen molar-refractivity contribution in [3.63, 3.8) is 0 Å². The van der Waals surface area contributed by atoms with Gasteiger partial charge in [0.1, 0.15) is 44.0 Å². The van der Waals surface area contributed by atoms with Crippen LogP contribution in [0.3, 0.4) is 0 Å². The fraction of sp³-hybridized carbons (Fsp3) is 0.581. The van der Waals surface area contributed by atoms with Crippen molar-refractivity contribution in [2.75, 3.05) is 52.4 Å². The van der Waals surface area contributed by atoms with E-state index in [4.69, 9.17) is 18.9 Å². The van der Waals surface area contributed by atoms with Gasteiger partial charge in [-0.05, 0) is 54.0 Å². The number of hydrogen-bond donors (Lipinski definition) is 3. The van der Waals surface area contributed by atoms with Crippen LogP contribution in [0.1, 0.15) is 54.0 Å². The van der Waals surface area contributed by atoms with Crippen molar-refractivity contribution in [1.82, 2.24) is 25.8 Å². The van der Waals surface area contributed by atoms with E-state index in [9.17, 15) is 33.6 Å². The average Bonchev–Trinajstić information content (AvgIpc) is 2.95. The smallest absolute Gasteiger partial charge is 0.407 e. The van der Waals surface area contributed by atoms with Gasteiger partial charge in [0, 0.05) is 13.1 Å². The molecule has 0 bridgehead atoms. The average molecular weight is 666 g/mol. The van der Waals surface area contributed by atoms with Crippen LogP contribution in [0, 0.1) is 0 Å². The van der Waals surface area contributed by atoms with Gasteiger partial charge in [-0.25, -0.2) is 9.59 Å². The lowest BCUT2D eigenvalue weighted by Crippen LogP contribution is -2.51. The third-order valence-electron chi connectivity index (χ3n) is 5.49. The highest BCUT2D eigenvalue weighted by atomic mass is 16.6. The van der Waals surface area contributed by atoms with E-state index in [1.165, 1.54) is 0 Å². The number of esters is 2. The molecular weight excluding hydrogens is 618 g/mol. The highest BCUT2D eigenvalue weighted by Gasteiger charge is 2.27. The molecule has 0 aromatic heterocycles. The molecule has 5 amide bonds. The summed E-state index contributed by atoms with van der Waals surface area (Å²) in [5.41, 5.74) is -0.957. The van der Waals surface area contributed by atoms with Gasteiger partial charge in [-0.2, -0.15) is 0 Å². The molecule has 0 atom stereocenters. The van der Waals surface area contributed by atoms with Crippen LogP contribution < -0.4 is 16.0 Å². The molecule has 0 fully saturated rings. The van der Waals surface area contributed by atoms with Crippen LogP contribution >= 0.6 is 0 Å². The van der Waals surface area contributed by atoms with Crippen LogP contribution in [0.25, 0.3) is 0 Å². The Morgan fingerprint density at radius 1 is 0.660 bits per heavy atom. The van der Waals surface area contributed by atoms with Crippen molar-refractivity contribution in [3.8, 4) is 0 Å². The van der Waals surface area contributed by atoms with Crippen LogP contribution in [-0.2, 0) is 49.5 Å². The molecule has 0 saturated carbocycles. The van der Waals surface area contributed by atoms with E-state index >= 15 is 0 Å². The third kappa shape index (κ3) is 19.3. The summed E-state index contributed by atoms with van der Waals surface area (Å²) in [4.78, 5) is 89.7. The fourth-order valence-corrected chi connectivity index (χ4v) is 3.57. The summed E-state index contributed by atoms with van der Waals surface area (Å²) in [5, 5.41) is 7.11. The minimum Gasteiger partial charge on any atom is -0.465 e. The molecule has 0 radical (unpaired) electrons. The van der Waals surface area contributed by atoms with Crippen molar-refractivity contribution in [1.29, 1.82) is 0 Å². The normalized spacial score (nSPS) is 11.0. The second-order valence-electron chi connectivity index (χ2n) is 12.1. The second kappa shape index (κ2) is 19.6. The Morgan fingerprint density at radius 3 is 1.89 bits per heavy atom. The summed E-state index contributed by atoms with van der Waals surface area (Å²) in [7, 11) is 0. The molecule has 0 heterocycles. The topological polar surface area (TPSA) is 199 Å². The predicted molar refractivity (Wildman–Crippen MR) is 168 cm³/mol. The van der Waals surface area contributed by atoms with E-state index < -0.39 is 85.8 Å². The minimum absolute atomic E-state index is 0.0501. The molecular formula is C31H47N5O11. The number of carbonyl (C=O) groups is 7. The van der Waals surface area contributed by atoms with E-state index in [1.54, 1.807) is 78.8 Å². The molecule has 1 aromatic carbocycles. The lowest BCUT2D eigenvalue weighted by Gasteiger charge is -2.28. The maximum Gasteiger partial charge on any atom is 0.407 e. The van der Waals surface area contributed by atoms with Gasteiger partial charge in [0.25, 0.3) is 0 Å². The minimum atomic E-state index is -0.904. The maximum absolute atomic E-state index is 13.5. The van der Waals surface area contributed by atoms with Gasteiger partial charge < -0.3 is 44.7 Å². The number of alkyl carbamates (subject to hydrolysis) is 2. The maximum atomic E-state index is 13.5. The van der Waals surface area contributed by atoms with Gasteiger partial charge in [0.15, 0.2) is 0 Å². The molecule has 0 aliphatic heterocycles. The highest BCUT2D eigenvalue weighted by molar-refractivity contribution is 5.92. The van der Waals surface area contributed by atoms with Crippen LogP contribution in [0.5, 0.6) is 0 Å². The molecule has 262 valence electrons. The molecule has 16 nitrogen and oxygen atoms in total. The van der Waals surface area contributed by atoms with Crippen LogP contribution in [0.4, 0.5) is 9.59 Å². The van der Waals surface area contributed by atoms with Crippen molar-refractivity contribution < 1.29 is 52.5 Å². The molecule has 16 heteroatoms. The first kappa shape index (κ1) is 40.1. The monoisotopic (exact) mass is 665 g/mol. The van der Waals surface area contributed by atoms with E-state index in [2.05, 4.69) is 16.0 Å². The number of ether oxygens (including phenoxy) is 4. The number of nitrogens with zero attached hydrogens (tertiary/aromatic N) is 2. The number of hydrogen-bond acceptors (Lipinski definition) is 11. The molecule has 0 aliphatic carbocycles. The number of amides is 5. The summed E-state index contributed by atoms with van der Waals surface area (Å²) in [5.74, 6) is -3.84. The third-order valence-corrected chi connectivity index (χ3v) is 5.49. The molecule has 0 unspecified atom stereocenters. The summed E-state index contributed by atoms with van der Waals surface area (Å²) >= 11 is 0. The van der Waals surface area contributed by atoms with Crippen LogP contribution in [-0.4, -0.2) is 115 Å². The summed E-state index contributed by atoms with van der Waals surface area (Å²) < 4.78 is 20.4. The second-order valence-corrected chi connectivity index (χ2v) is 12.1. The van der Waals surface area contributed by atoms with E-state index in [1.807, 2.05) is 0 Å². The van der Waals surface area contributed by atoms with Gasteiger partial charge in [-0.1, -0.05) is 30.3 Å².